The first-order chi connectivity index (χ1) is 29.5. The second-order valence-corrected chi connectivity index (χ2v) is 13.4. The van der Waals surface area contributed by atoms with Gasteiger partial charge in [-0.25, -0.2) is 0 Å². The maximum Gasteiger partial charge on any atom is 0.258 e. The zero-order valence-electron chi connectivity index (χ0n) is 32.1. The molecule has 6 heterocycles. The Morgan fingerprint density at radius 1 is 0.300 bits per heavy atom. The van der Waals surface area contributed by atoms with Crippen molar-refractivity contribution in [1.82, 2.24) is 60.8 Å². The molecular formula is C42H30N12O6. The maximum atomic E-state index is 5.79. The van der Waals surface area contributed by atoms with Gasteiger partial charge in [0.1, 0.15) is 0 Å². The monoisotopic (exact) mass is 798 g/mol. The number of hydrogen-bond acceptors (Lipinski definition) is 18. The van der Waals surface area contributed by atoms with Gasteiger partial charge in [-0.1, -0.05) is 88.1 Å². The van der Waals surface area contributed by atoms with Crippen LogP contribution in [-0.4, -0.2) is 60.8 Å². The zero-order chi connectivity index (χ0) is 40.6. The topological polar surface area (TPSA) is 234 Å². The van der Waals surface area contributed by atoms with Gasteiger partial charge in [0.15, 0.2) is 0 Å². The molecule has 18 heteroatoms. The third-order valence-corrected chi connectivity index (χ3v) is 9.40. The Kier molecular flexibility index (Phi) is 9.16. The number of hydrogen-bond donors (Lipinski definition) is 0. The van der Waals surface area contributed by atoms with E-state index in [9.17, 15) is 0 Å². The highest BCUT2D eigenvalue weighted by Crippen LogP contribution is 2.34. The van der Waals surface area contributed by atoms with E-state index < -0.39 is 0 Å². The first-order valence-corrected chi connectivity index (χ1v) is 19.0. The summed E-state index contributed by atoms with van der Waals surface area (Å²) in [5.74, 6) is 4.72. The molecule has 0 saturated heterocycles. The maximum absolute atomic E-state index is 5.79. The molecule has 18 nitrogen and oxygen atoms in total. The average molecular weight is 799 g/mol. The Morgan fingerprint density at radius 3 is 0.833 bits per heavy atom. The Balaban J connectivity index is 1.02. The summed E-state index contributed by atoms with van der Waals surface area (Å²) in [6, 6.07) is 27.9. The number of nitrogens with zero attached hydrogens (tertiary/aromatic N) is 12. The summed E-state index contributed by atoms with van der Waals surface area (Å²) >= 11 is 0. The van der Waals surface area contributed by atoms with Gasteiger partial charge in [-0.2, -0.15) is 29.9 Å². The molecule has 6 aromatic heterocycles. The van der Waals surface area contributed by atoms with Crippen LogP contribution in [0.4, 0.5) is 0 Å². The fourth-order valence-corrected chi connectivity index (χ4v) is 6.31. The van der Waals surface area contributed by atoms with Crippen molar-refractivity contribution < 1.29 is 27.1 Å². The number of rotatable bonds is 12. The van der Waals surface area contributed by atoms with Crippen LogP contribution in [0, 0.1) is 0 Å². The molecule has 0 atom stereocenters. The molecule has 10 aromatic rings. The molecule has 0 unspecified atom stereocenters. The quantitative estimate of drug-likeness (QED) is 0.112. The number of benzene rings is 4. The zero-order valence-corrected chi connectivity index (χ0v) is 32.1. The SMILES string of the molecule is CCc1nc(-c2cccc(-c3nc(-c4cc(-c5noc(-c6cccc(-c7noc(CC)n7)c6)n5)cc(-c5noc(-c6cccc(-c7noc(CC)n7)c6)n5)c4)no3)c2)no1. The van der Waals surface area contributed by atoms with Gasteiger partial charge in [0, 0.05) is 69.3 Å². The second-order valence-electron chi connectivity index (χ2n) is 13.4. The van der Waals surface area contributed by atoms with E-state index in [1.165, 1.54) is 0 Å². The van der Waals surface area contributed by atoms with Gasteiger partial charge in [-0.05, 0) is 54.6 Å². The number of aryl methyl sites for hydroxylation is 3. The van der Waals surface area contributed by atoms with Crippen LogP contribution in [0.15, 0.2) is 118 Å². The van der Waals surface area contributed by atoms with Crippen LogP contribution < -0.4 is 0 Å². The van der Waals surface area contributed by atoms with Gasteiger partial charge in [-0.3, -0.25) is 0 Å². The van der Waals surface area contributed by atoms with Crippen LogP contribution in [0.5, 0.6) is 0 Å². The first kappa shape index (κ1) is 36.1. The molecule has 60 heavy (non-hydrogen) atoms. The summed E-state index contributed by atoms with van der Waals surface area (Å²) in [6.07, 6.45) is 1.88. The van der Waals surface area contributed by atoms with E-state index in [2.05, 4.69) is 45.9 Å². The van der Waals surface area contributed by atoms with Crippen LogP contribution in [0.25, 0.3) is 103 Å². The molecule has 0 amide bonds. The van der Waals surface area contributed by atoms with Crippen molar-refractivity contribution >= 4 is 0 Å². The summed E-state index contributed by atoms with van der Waals surface area (Å²) < 4.78 is 33.3. The van der Waals surface area contributed by atoms with Crippen molar-refractivity contribution in [2.45, 2.75) is 40.0 Å². The predicted octanol–water partition coefficient (Wildman–Crippen LogP) is 8.67. The van der Waals surface area contributed by atoms with E-state index in [1.807, 2.05) is 112 Å². The molecule has 0 N–H and O–H groups in total. The molecule has 0 aliphatic heterocycles. The van der Waals surface area contributed by atoms with Crippen LogP contribution in [0.3, 0.4) is 0 Å². The lowest BCUT2D eigenvalue weighted by molar-refractivity contribution is 0.382. The van der Waals surface area contributed by atoms with Gasteiger partial charge in [0.05, 0.1) is 0 Å². The molecule has 0 aliphatic rings. The minimum Gasteiger partial charge on any atom is -0.339 e. The molecule has 0 radical (unpaired) electrons. The van der Waals surface area contributed by atoms with E-state index >= 15 is 0 Å². The normalized spacial score (nSPS) is 11.4. The molecule has 0 fully saturated rings. The summed E-state index contributed by atoms with van der Waals surface area (Å²) in [4.78, 5) is 27.6. The Hall–Kier alpha value is -8.28. The van der Waals surface area contributed by atoms with Gasteiger partial charge < -0.3 is 27.1 Å². The fraction of sp³-hybridized carbons (Fsp3) is 0.143. The van der Waals surface area contributed by atoms with E-state index in [-0.39, 0.29) is 35.1 Å². The lowest BCUT2D eigenvalue weighted by Crippen LogP contribution is -1.90. The molecule has 0 saturated carbocycles. The highest BCUT2D eigenvalue weighted by Gasteiger charge is 2.21. The van der Waals surface area contributed by atoms with Crippen LogP contribution in [0.1, 0.15) is 38.4 Å². The molecule has 294 valence electrons. The van der Waals surface area contributed by atoms with Crippen molar-refractivity contribution in [3.8, 4) is 103 Å². The minimum atomic E-state index is 0.279. The summed E-state index contributed by atoms with van der Waals surface area (Å²) in [5.41, 5.74) is 5.90. The van der Waals surface area contributed by atoms with Gasteiger partial charge >= 0.3 is 0 Å². The smallest absolute Gasteiger partial charge is 0.258 e. The lowest BCUT2D eigenvalue weighted by atomic mass is 10.0. The average Bonchev–Trinajstić information content (AvgIpc) is 4.17. The van der Waals surface area contributed by atoms with Gasteiger partial charge in [0.25, 0.3) is 17.7 Å². The minimum absolute atomic E-state index is 0.279. The third kappa shape index (κ3) is 7.01. The first-order valence-electron chi connectivity index (χ1n) is 19.0. The molecule has 0 spiro atoms. The summed E-state index contributed by atoms with van der Waals surface area (Å²) in [5, 5.41) is 25.3. The van der Waals surface area contributed by atoms with E-state index in [0.29, 0.717) is 87.8 Å². The predicted molar refractivity (Wildman–Crippen MR) is 211 cm³/mol. The molecule has 10 rings (SSSR count). The second kappa shape index (κ2) is 15.2. The van der Waals surface area contributed by atoms with Crippen LogP contribution in [-0.2, 0) is 19.3 Å². The number of aromatic nitrogens is 12. The van der Waals surface area contributed by atoms with Crippen LogP contribution >= 0.6 is 0 Å². The third-order valence-electron chi connectivity index (χ3n) is 9.40. The Bertz CT molecular complexity index is 2780. The van der Waals surface area contributed by atoms with E-state index in [1.54, 1.807) is 0 Å². The molecule has 0 bridgehead atoms. The van der Waals surface area contributed by atoms with E-state index in [0.717, 1.165) is 16.7 Å². The van der Waals surface area contributed by atoms with E-state index in [4.69, 9.17) is 42.1 Å². The van der Waals surface area contributed by atoms with Gasteiger partial charge in [-0.15, -0.1) is 0 Å². The van der Waals surface area contributed by atoms with Crippen molar-refractivity contribution in [2.75, 3.05) is 0 Å². The Morgan fingerprint density at radius 2 is 0.550 bits per heavy atom. The molecule has 0 aliphatic carbocycles. The highest BCUT2D eigenvalue weighted by molar-refractivity contribution is 5.77. The summed E-state index contributed by atoms with van der Waals surface area (Å²) in [6.45, 7) is 5.84. The van der Waals surface area contributed by atoms with Gasteiger partial charge in [0.2, 0.25) is 52.6 Å². The highest BCUT2D eigenvalue weighted by atomic mass is 16.5. The standard InChI is InChI=1S/C42H30N12O6/c1-4-31-43-34(49-55-31)22-10-7-13-25(16-22)40-46-37(52-58-40)28-19-29(38-47-41(59-53-38)26-14-8-11-23(17-26)35-44-32(5-2)56-50-35)21-30(20-28)39-48-42(60-54-39)27-15-9-12-24(18-27)36-45-33(6-3)57-51-36/h7-21H,4-6H2,1-3H3. The van der Waals surface area contributed by atoms with Crippen molar-refractivity contribution in [2.24, 2.45) is 0 Å². The molecule has 4 aromatic carbocycles. The molecular weight excluding hydrogens is 769 g/mol. The van der Waals surface area contributed by atoms with Crippen molar-refractivity contribution in [1.29, 1.82) is 0 Å². The lowest BCUT2D eigenvalue weighted by Gasteiger charge is -2.03. The van der Waals surface area contributed by atoms with Crippen LogP contribution in [0.2, 0.25) is 0 Å². The summed E-state index contributed by atoms with van der Waals surface area (Å²) in [7, 11) is 0. The largest absolute Gasteiger partial charge is 0.339 e. The van der Waals surface area contributed by atoms with Crippen molar-refractivity contribution in [3.63, 3.8) is 0 Å². The fourth-order valence-electron chi connectivity index (χ4n) is 6.31. The Labute approximate surface area is 338 Å². The van der Waals surface area contributed by atoms with Crippen molar-refractivity contribution in [3.05, 3.63) is 109 Å².